The molecule has 0 saturated heterocycles. The van der Waals surface area contributed by atoms with Crippen LogP contribution in [-0.4, -0.2) is 11.6 Å². The summed E-state index contributed by atoms with van der Waals surface area (Å²) in [6.07, 6.45) is 11.1. The van der Waals surface area contributed by atoms with E-state index in [0.717, 1.165) is 31.3 Å². The van der Waals surface area contributed by atoms with Crippen molar-refractivity contribution >= 4 is 11.6 Å². The van der Waals surface area contributed by atoms with E-state index in [2.05, 4.69) is 19.9 Å². The summed E-state index contributed by atoms with van der Waals surface area (Å²) in [6.45, 7) is 6.77. The summed E-state index contributed by atoms with van der Waals surface area (Å²) in [6, 6.07) is 0. The summed E-state index contributed by atoms with van der Waals surface area (Å²) < 4.78 is 0. The Morgan fingerprint density at radius 2 is 1.83 bits per heavy atom. The highest BCUT2D eigenvalue weighted by atomic mass is 16.1. The van der Waals surface area contributed by atoms with Crippen molar-refractivity contribution < 1.29 is 9.59 Å². The minimum atomic E-state index is 0.106. The summed E-state index contributed by atoms with van der Waals surface area (Å²) in [4.78, 5) is 24.4. The van der Waals surface area contributed by atoms with E-state index in [1.54, 1.807) is 0 Å². The van der Waals surface area contributed by atoms with Crippen molar-refractivity contribution in [3.8, 4) is 0 Å². The maximum absolute atomic E-state index is 12.5. The molecule has 0 N–H and O–H groups in total. The summed E-state index contributed by atoms with van der Waals surface area (Å²) in [5.41, 5.74) is 2.83. The normalized spacial score (nSPS) is 47.9. The fourth-order valence-corrected chi connectivity index (χ4v) is 6.71. The van der Waals surface area contributed by atoms with Crippen LogP contribution in [-0.2, 0) is 9.59 Å². The van der Waals surface area contributed by atoms with Gasteiger partial charge in [0.2, 0.25) is 0 Å². The van der Waals surface area contributed by atoms with E-state index in [-0.39, 0.29) is 10.8 Å². The molecule has 2 unspecified atom stereocenters. The number of ketones is 2. The third-order valence-corrected chi connectivity index (χ3v) is 7.96. The zero-order chi connectivity index (χ0) is 16.4. The summed E-state index contributed by atoms with van der Waals surface area (Å²) in [5.74, 6) is 2.56. The Bertz CT molecular complexity index is 640. The van der Waals surface area contributed by atoms with Gasteiger partial charge in [0.1, 0.15) is 0 Å². The van der Waals surface area contributed by atoms with E-state index >= 15 is 0 Å². The van der Waals surface area contributed by atoms with Crippen LogP contribution in [0.2, 0.25) is 0 Å². The molecule has 124 valence electrons. The van der Waals surface area contributed by atoms with Gasteiger partial charge in [0.25, 0.3) is 0 Å². The lowest BCUT2D eigenvalue weighted by Gasteiger charge is -2.57. The van der Waals surface area contributed by atoms with Crippen molar-refractivity contribution in [3.63, 3.8) is 0 Å². The first kappa shape index (κ1) is 15.4. The molecule has 0 aromatic rings. The Balaban J connectivity index is 1.72. The monoisotopic (exact) mass is 312 g/mol. The van der Waals surface area contributed by atoms with Gasteiger partial charge in [-0.2, -0.15) is 0 Å². The summed E-state index contributed by atoms with van der Waals surface area (Å²) >= 11 is 0. The quantitative estimate of drug-likeness (QED) is 0.610. The maximum Gasteiger partial charge on any atom is 0.159 e. The lowest BCUT2D eigenvalue weighted by atomic mass is 9.47. The Kier molecular flexibility index (Phi) is 3.28. The molecule has 5 atom stereocenters. The van der Waals surface area contributed by atoms with E-state index in [4.69, 9.17) is 0 Å². The molecule has 0 heterocycles. The van der Waals surface area contributed by atoms with Crippen LogP contribution in [0.1, 0.15) is 65.7 Å². The second-order valence-corrected chi connectivity index (χ2v) is 8.75. The smallest absolute Gasteiger partial charge is 0.159 e. The van der Waals surface area contributed by atoms with Crippen molar-refractivity contribution in [1.82, 2.24) is 0 Å². The first-order chi connectivity index (χ1) is 10.9. The molecule has 3 saturated carbocycles. The highest BCUT2D eigenvalue weighted by molar-refractivity contribution is 5.99. The molecule has 0 aliphatic heterocycles. The van der Waals surface area contributed by atoms with Crippen LogP contribution in [0.5, 0.6) is 0 Å². The molecule has 4 aliphatic rings. The molecule has 2 nitrogen and oxygen atoms in total. The summed E-state index contributed by atoms with van der Waals surface area (Å²) in [5, 5.41) is 0. The van der Waals surface area contributed by atoms with Crippen LogP contribution >= 0.6 is 0 Å². The predicted octanol–water partition coefficient (Wildman–Crippen LogP) is 4.64. The minimum Gasteiger partial charge on any atom is -0.295 e. The van der Waals surface area contributed by atoms with Crippen LogP contribution in [0.25, 0.3) is 0 Å². The van der Waals surface area contributed by atoms with E-state index in [1.807, 2.05) is 13.0 Å². The number of carbonyl (C=O) groups is 2. The molecule has 0 bridgehead atoms. The second kappa shape index (κ2) is 4.91. The molecule has 2 heteroatoms. The number of fused-ring (bicyclic) bond motifs is 5. The lowest BCUT2D eigenvalue weighted by Crippen LogP contribution is -2.49. The molecule has 0 aromatic carbocycles. The minimum absolute atomic E-state index is 0.106. The van der Waals surface area contributed by atoms with Crippen LogP contribution in [0.4, 0.5) is 0 Å². The highest BCUT2D eigenvalue weighted by Gasteiger charge is 2.59. The number of allylic oxidation sites excluding steroid dienone is 3. The van der Waals surface area contributed by atoms with Crippen molar-refractivity contribution in [1.29, 1.82) is 0 Å². The zero-order valence-electron chi connectivity index (χ0n) is 14.7. The van der Waals surface area contributed by atoms with E-state index < -0.39 is 0 Å². The van der Waals surface area contributed by atoms with E-state index in [1.165, 1.54) is 18.4 Å². The third kappa shape index (κ3) is 1.93. The first-order valence-electron chi connectivity index (χ1n) is 9.34. The Labute approximate surface area is 139 Å². The molecule has 0 aromatic heterocycles. The predicted molar refractivity (Wildman–Crippen MR) is 90.9 cm³/mol. The van der Waals surface area contributed by atoms with Crippen LogP contribution in [0.15, 0.2) is 23.3 Å². The van der Waals surface area contributed by atoms with Gasteiger partial charge in [0.15, 0.2) is 11.6 Å². The van der Waals surface area contributed by atoms with Gasteiger partial charge >= 0.3 is 0 Å². The number of Topliss-reactive ketones (excluding diaryl/α,β-unsaturated/α-hetero) is 1. The third-order valence-electron chi connectivity index (χ3n) is 7.96. The van der Waals surface area contributed by atoms with Crippen LogP contribution in [0.3, 0.4) is 0 Å². The molecule has 3 fully saturated rings. The van der Waals surface area contributed by atoms with Gasteiger partial charge in [-0.15, -0.1) is 0 Å². The Hall–Kier alpha value is -1.18. The molecule has 0 radical (unpaired) electrons. The topological polar surface area (TPSA) is 34.1 Å². The largest absolute Gasteiger partial charge is 0.295 e. The zero-order valence-corrected chi connectivity index (χ0v) is 14.7. The van der Waals surface area contributed by atoms with Gasteiger partial charge in [-0.1, -0.05) is 25.5 Å². The van der Waals surface area contributed by atoms with Crippen molar-refractivity contribution in [2.75, 3.05) is 0 Å². The Morgan fingerprint density at radius 3 is 2.57 bits per heavy atom. The molecule has 0 amide bonds. The highest BCUT2D eigenvalue weighted by Crippen LogP contribution is 2.65. The van der Waals surface area contributed by atoms with Gasteiger partial charge in [-0.05, 0) is 79.3 Å². The number of hydrogen-bond acceptors (Lipinski definition) is 2. The molecule has 23 heavy (non-hydrogen) atoms. The van der Waals surface area contributed by atoms with Gasteiger partial charge in [-0.3, -0.25) is 9.59 Å². The SMILES string of the molecule is C/C=C1\C(=O)CC2[C@@H]3CCC4=CC(=O)CC[C@]4(C)C3CC[C@]12C. The second-order valence-electron chi connectivity index (χ2n) is 8.75. The standard InChI is InChI=1S/C21H28O2/c1-4-16-19(23)12-18-15-6-5-13-11-14(22)7-9-20(13,2)17(15)8-10-21(16,18)3/h4,11,15,17-18H,5-10,12H2,1-3H3/b16-4+/t15-,17?,18?,20+,21-/m1/s1. The summed E-state index contributed by atoms with van der Waals surface area (Å²) in [7, 11) is 0. The molecule has 4 rings (SSSR count). The van der Waals surface area contributed by atoms with Gasteiger partial charge in [-0.25, -0.2) is 0 Å². The van der Waals surface area contributed by atoms with Crippen LogP contribution < -0.4 is 0 Å². The average molecular weight is 312 g/mol. The van der Waals surface area contributed by atoms with Gasteiger partial charge < -0.3 is 0 Å². The average Bonchev–Trinajstić information content (AvgIpc) is 2.77. The Morgan fingerprint density at radius 1 is 1.04 bits per heavy atom. The van der Waals surface area contributed by atoms with E-state index in [0.29, 0.717) is 35.7 Å². The van der Waals surface area contributed by atoms with E-state index in [9.17, 15) is 9.59 Å². The fourth-order valence-electron chi connectivity index (χ4n) is 6.71. The lowest BCUT2D eigenvalue weighted by molar-refractivity contribution is -0.117. The van der Waals surface area contributed by atoms with Crippen molar-refractivity contribution in [3.05, 3.63) is 23.3 Å². The van der Waals surface area contributed by atoms with Crippen molar-refractivity contribution in [2.45, 2.75) is 65.7 Å². The van der Waals surface area contributed by atoms with Crippen LogP contribution in [0, 0.1) is 28.6 Å². The molecule has 0 spiro atoms. The van der Waals surface area contributed by atoms with Gasteiger partial charge in [0, 0.05) is 12.8 Å². The fraction of sp³-hybridized carbons (Fsp3) is 0.714. The van der Waals surface area contributed by atoms with Crippen molar-refractivity contribution in [2.24, 2.45) is 28.6 Å². The molecule has 4 aliphatic carbocycles. The number of carbonyl (C=O) groups excluding carboxylic acids is 2. The molecular formula is C21H28O2. The number of rotatable bonds is 0. The number of hydrogen-bond donors (Lipinski definition) is 0. The van der Waals surface area contributed by atoms with Gasteiger partial charge in [0.05, 0.1) is 0 Å². The first-order valence-corrected chi connectivity index (χ1v) is 9.34. The molecular weight excluding hydrogens is 284 g/mol. The maximum atomic E-state index is 12.5.